The molecule has 0 bridgehead atoms. The molecule has 1 aromatic rings. The first-order valence-corrected chi connectivity index (χ1v) is 6.17. The Labute approximate surface area is 104 Å². The molecule has 2 N–H and O–H groups in total. The Bertz CT molecular complexity index is 435. The molecular formula is C11H16N4O3. The molecule has 0 unspecified atom stereocenters. The van der Waals surface area contributed by atoms with E-state index in [0.717, 1.165) is 31.7 Å². The lowest BCUT2D eigenvalue weighted by Gasteiger charge is -2.14. The molecule has 0 aromatic carbocycles. The van der Waals surface area contributed by atoms with E-state index < -0.39 is 4.92 Å². The first kappa shape index (κ1) is 12.5. The Hall–Kier alpha value is -1.92. The zero-order chi connectivity index (χ0) is 13.0. The van der Waals surface area contributed by atoms with Crippen LogP contribution in [0.5, 0.6) is 0 Å². The summed E-state index contributed by atoms with van der Waals surface area (Å²) < 4.78 is 0. The molecule has 1 aliphatic rings. The fourth-order valence-electron chi connectivity index (χ4n) is 2.20. The molecule has 7 nitrogen and oxygen atoms in total. The number of rotatable bonds is 3. The Morgan fingerprint density at radius 2 is 2.06 bits per heavy atom. The second kappa shape index (κ2) is 5.61. The van der Waals surface area contributed by atoms with Gasteiger partial charge in [0.2, 0.25) is 0 Å². The number of hydrogen-bond donors (Lipinski definition) is 2. The maximum absolute atomic E-state index is 11.8. The van der Waals surface area contributed by atoms with Gasteiger partial charge in [0.15, 0.2) is 5.69 Å². The molecule has 98 valence electrons. The van der Waals surface area contributed by atoms with Crippen molar-refractivity contribution in [2.75, 3.05) is 0 Å². The van der Waals surface area contributed by atoms with Crippen molar-refractivity contribution in [2.24, 2.45) is 0 Å². The molecular weight excluding hydrogens is 236 g/mol. The number of nitrogens with zero attached hydrogens (tertiary/aromatic N) is 2. The predicted octanol–water partition coefficient (Wildman–Crippen LogP) is 1.77. The topological polar surface area (TPSA) is 101 Å². The zero-order valence-electron chi connectivity index (χ0n) is 10.0. The van der Waals surface area contributed by atoms with Crippen LogP contribution in [-0.2, 0) is 0 Å². The molecule has 0 saturated heterocycles. The molecule has 1 fully saturated rings. The highest BCUT2D eigenvalue weighted by Crippen LogP contribution is 2.17. The Morgan fingerprint density at radius 3 is 2.61 bits per heavy atom. The van der Waals surface area contributed by atoms with Crippen molar-refractivity contribution in [3.63, 3.8) is 0 Å². The summed E-state index contributed by atoms with van der Waals surface area (Å²) in [7, 11) is 0. The van der Waals surface area contributed by atoms with Gasteiger partial charge < -0.3 is 15.4 Å². The van der Waals surface area contributed by atoms with Gasteiger partial charge in [-0.25, -0.2) is 0 Å². The largest absolute Gasteiger partial charge is 0.358 e. The maximum atomic E-state index is 11.8. The van der Waals surface area contributed by atoms with Crippen LogP contribution >= 0.6 is 0 Å². The molecule has 0 radical (unpaired) electrons. The molecule has 1 amide bonds. The molecule has 2 rings (SSSR count). The smallest absolute Gasteiger partial charge is 0.343 e. The number of aromatic nitrogens is 2. The van der Waals surface area contributed by atoms with Crippen LogP contribution in [0.2, 0.25) is 0 Å². The summed E-state index contributed by atoms with van der Waals surface area (Å²) in [6.45, 7) is 0. The molecule has 7 heteroatoms. The predicted molar refractivity (Wildman–Crippen MR) is 64.2 cm³/mol. The van der Waals surface area contributed by atoms with Crippen molar-refractivity contribution in [3.05, 3.63) is 21.9 Å². The van der Waals surface area contributed by atoms with Gasteiger partial charge in [-0.1, -0.05) is 30.8 Å². The minimum Gasteiger partial charge on any atom is -0.358 e. The van der Waals surface area contributed by atoms with Gasteiger partial charge >= 0.3 is 5.82 Å². The minimum absolute atomic E-state index is 0.0750. The Kier molecular flexibility index (Phi) is 3.91. The molecule has 1 heterocycles. The molecule has 1 aromatic heterocycles. The van der Waals surface area contributed by atoms with Crippen LogP contribution in [0.1, 0.15) is 49.0 Å². The number of nitrogens with one attached hydrogen (secondary N) is 2. The summed E-state index contributed by atoms with van der Waals surface area (Å²) in [5, 5.41) is 19.2. The second-order valence-electron chi connectivity index (χ2n) is 4.56. The third kappa shape index (κ3) is 3.06. The van der Waals surface area contributed by atoms with Crippen LogP contribution in [-0.4, -0.2) is 27.1 Å². The van der Waals surface area contributed by atoms with Gasteiger partial charge in [0, 0.05) is 6.04 Å². The first-order chi connectivity index (χ1) is 8.66. The summed E-state index contributed by atoms with van der Waals surface area (Å²) in [6, 6.07) is 1.32. The number of nitro groups is 1. The van der Waals surface area contributed by atoms with Crippen molar-refractivity contribution >= 4 is 11.7 Å². The van der Waals surface area contributed by atoms with E-state index in [1.807, 2.05) is 0 Å². The average Bonchev–Trinajstić information content (AvgIpc) is 2.70. The number of amides is 1. The highest BCUT2D eigenvalue weighted by atomic mass is 16.6. The summed E-state index contributed by atoms with van der Waals surface area (Å²) in [5.41, 5.74) is 0.0750. The third-order valence-corrected chi connectivity index (χ3v) is 3.18. The number of aromatic amines is 1. The number of H-pyrrole nitrogens is 1. The maximum Gasteiger partial charge on any atom is 0.343 e. The summed E-state index contributed by atoms with van der Waals surface area (Å²) in [4.78, 5) is 21.7. The van der Waals surface area contributed by atoms with Crippen LogP contribution in [0.4, 0.5) is 5.82 Å². The van der Waals surface area contributed by atoms with Gasteiger partial charge in [-0.15, -0.1) is 5.10 Å². The highest BCUT2D eigenvalue weighted by molar-refractivity contribution is 5.92. The van der Waals surface area contributed by atoms with E-state index >= 15 is 0 Å². The van der Waals surface area contributed by atoms with Gasteiger partial charge in [0.1, 0.15) is 0 Å². The zero-order valence-corrected chi connectivity index (χ0v) is 10.0. The third-order valence-electron chi connectivity index (χ3n) is 3.18. The van der Waals surface area contributed by atoms with Crippen LogP contribution in [0.25, 0.3) is 0 Å². The number of carbonyl (C=O) groups is 1. The number of carbonyl (C=O) groups excluding carboxylic acids is 1. The van der Waals surface area contributed by atoms with Crippen molar-refractivity contribution in [3.8, 4) is 0 Å². The van der Waals surface area contributed by atoms with Gasteiger partial charge in [-0.3, -0.25) is 4.79 Å². The van der Waals surface area contributed by atoms with E-state index in [4.69, 9.17) is 0 Å². The molecule has 0 atom stereocenters. The van der Waals surface area contributed by atoms with Gasteiger partial charge in [0.05, 0.1) is 6.07 Å². The van der Waals surface area contributed by atoms with E-state index in [9.17, 15) is 14.9 Å². The number of hydrogen-bond acceptors (Lipinski definition) is 4. The van der Waals surface area contributed by atoms with E-state index in [1.165, 1.54) is 12.8 Å². The van der Waals surface area contributed by atoms with Gasteiger partial charge in [-0.2, -0.15) is 0 Å². The second-order valence-corrected chi connectivity index (χ2v) is 4.56. The van der Waals surface area contributed by atoms with E-state index in [0.29, 0.717) is 0 Å². The monoisotopic (exact) mass is 252 g/mol. The average molecular weight is 252 g/mol. The van der Waals surface area contributed by atoms with Crippen LogP contribution in [0, 0.1) is 10.1 Å². The molecule has 0 spiro atoms. The normalized spacial score (nSPS) is 17.1. The van der Waals surface area contributed by atoms with E-state index in [-0.39, 0.29) is 23.5 Å². The van der Waals surface area contributed by atoms with Crippen LogP contribution in [0.15, 0.2) is 6.07 Å². The first-order valence-electron chi connectivity index (χ1n) is 6.17. The fourth-order valence-corrected chi connectivity index (χ4v) is 2.20. The molecule has 0 aliphatic heterocycles. The lowest BCUT2D eigenvalue weighted by Crippen LogP contribution is -2.34. The quantitative estimate of drug-likeness (QED) is 0.486. The molecule has 1 saturated carbocycles. The molecule has 1 aliphatic carbocycles. The Balaban J connectivity index is 1.95. The van der Waals surface area contributed by atoms with Crippen LogP contribution < -0.4 is 5.32 Å². The van der Waals surface area contributed by atoms with Crippen molar-refractivity contribution in [2.45, 2.75) is 44.6 Å². The van der Waals surface area contributed by atoms with E-state index in [2.05, 4.69) is 15.5 Å². The Morgan fingerprint density at radius 1 is 1.39 bits per heavy atom. The van der Waals surface area contributed by atoms with Crippen molar-refractivity contribution in [1.29, 1.82) is 0 Å². The molecule has 18 heavy (non-hydrogen) atoms. The fraction of sp³-hybridized carbons (Fsp3) is 0.636. The minimum atomic E-state index is -0.602. The summed E-state index contributed by atoms with van der Waals surface area (Å²) >= 11 is 0. The van der Waals surface area contributed by atoms with Gasteiger partial charge in [0.25, 0.3) is 5.91 Å². The standard InChI is InChI=1S/C11H16N4O3/c16-11(9-7-10(14-13-9)15(17)18)12-8-5-3-1-2-4-6-8/h7-8H,1-6H2,(H,12,16)(H,13,14). The lowest BCUT2D eigenvalue weighted by molar-refractivity contribution is -0.389. The van der Waals surface area contributed by atoms with E-state index in [1.54, 1.807) is 0 Å². The summed E-state index contributed by atoms with van der Waals surface area (Å²) in [6.07, 6.45) is 6.59. The van der Waals surface area contributed by atoms with Crippen molar-refractivity contribution in [1.82, 2.24) is 15.5 Å². The highest BCUT2D eigenvalue weighted by Gasteiger charge is 2.20. The SMILES string of the molecule is O=C(NC1CCCCCC1)c1cc([N+](=O)[O-])[nH]n1. The van der Waals surface area contributed by atoms with Gasteiger partial charge in [-0.05, 0) is 17.8 Å². The van der Waals surface area contributed by atoms with Crippen LogP contribution in [0.3, 0.4) is 0 Å². The lowest BCUT2D eigenvalue weighted by atomic mass is 10.1. The summed E-state index contributed by atoms with van der Waals surface area (Å²) in [5.74, 6) is -0.604. The van der Waals surface area contributed by atoms with Crippen molar-refractivity contribution < 1.29 is 9.72 Å².